The molecule has 0 atom stereocenters. The summed E-state index contributed by atoms with van der Waals surface area (Å²) < 4.78 is 21.3. The van der Waals surface area contributed by atoms with Gasteiger partial charge >= 0.3 is 5.97 Å². The fraction of sp³-hybridized carbons (Fsp3) is 0.148. The highest BCUT2D eigenvalue weighted by molar-refractivity contribution is 5.92. The van der Waals surface area contributed by atoms with Gasteiger partial charge in [-0.15, -0.1) is 0 Å². The molecule has 0 radical (unpaired) electrons. The number of aromatic carboxylic acids is 1. The van der Waals surface area contributed by atoms with Crippen molar-refractivity contribution in [3.63, 3.8) is 0 Å². The maximum Gasteiger partial charge on any atom is 0.336 e. The summed E-state index contributed by atoms with van der Waals surface area (Å²) in [5, 5.41) is 9.64. The Bertz CT molecular complexity index is 1340. The van der Waals surface area contributed by atoms with Crippen molar-refractivity contribution in [2.75, 3.05) is 5.73 Å². The summed E-state index contributed by atoms with van der Waals surface area (Å²) in [6.07, 6.45) is 0. The average molecular weight is 445 g/mol. The van der Waals surface area contributed by atoms with Gasteiger partial charge in [0.15, 0.2) is 0 Å². The molecule has 0 unspecified atom stereocenters. The first-order valence-corrected chi connectivity index (χ1v) is 10.5. The van der Waals surface area contributed by atoms with Gasteiger partial charge in [0.25, 0.3) is 0 Å². The van der Waals surface area contributed by atoms with Gasteiger partial charge < -0.3 is 20.1 Å². The van der Waals surface area contributed by atoms with E-state index in [1.165, 1.54) is 12.1 Å². The quantitative estimate of drug-likeness (QED) is 0.354. The minimum absolute atomic E-state index is 0.168. The lowest BCUT2D eigenvalue weighted by atomic mass is 10.0. The molecule has 0 bridgehead atoms. The molecule has 0 fully saturated rings. The second-order valence-electron chi connectivity index (χ2n) is 8.12. The van der Waals surface area contributed by atoms with Crippen LogP contribution in [0.15, 0.2) is 66.7 Å². The molecule has 168 valence electrons. The van der Waals surface area contributed by atoms with Crippen LogP contribution >= 0.6 is 0 Å². The van der Waals surface area contributed by atoms with Crippen molar-refractivity contribution < 1.29 is 19.0 Å². The Labute approximate surface area is 191 Å². The minimum Gasteiger partial charge on any atom is -0.488 e. The van der Waals surface area contributed by atoms with Crippen LogP contribution in [0.2, 0.25) is 0 Å². The number of nitrogen functional groups attached to an aromatic ring is 1. The molecule has 0 aliphatic rings. The number of hydrogen-bond acceptors (Lipinski definition) is 3. The predicted octanol–water partition coefficient (Wildman–Crippen LogP) is 6.07. The normalized spacial score (nSPS) is 10.9. The molecular weight excluding hydrogens is 419 g/mol. The van der Waals surface area contributed by atoms with Crippen molar-refractivity contribution in [3.05, 3.63) is 100 Å². The summed E-state index contributed by atoms with van der Waals surface area (Å²) in [6, 6.07) is 19.5. The fourth-order valence-electron chi connectivity index (χ4n) is 3.88. The van der Waals surface area contributed by atoms with Crippen molar-refractivity contribution in [3.8, 4) is 22.7 Å². The molecule has 0 saturated heterocycles. The maximum atomic E-state index is 13.2. The Morgan fingerprint density at radius 1 is 1.00 bits per heavy atom. The van der Waals surface area contributed by atoms with Gasteiger partial charge in [-0.1, -0.05) is 23.8 Å². The number of nitrogens with two attached hydrogens (primary N) is 1. The van der Waals surface area contributed by atoms with Crippen molar-refractivity contribution in [1.29, 1.82) is 0 Å². The average Bonchev–Trinajstić information content (AvgIpc) is 3.16. The molecule has 1 aromatic heterocycles. The van der Waals surface area contributed by atoms with Gasteiger partial charge in [-0.2, -0.15) is 0 Å². The zero-order chi connectivity index (χ0) is 23.7. The molecule has 5 nitrogen and oxygen atoms in total. The molecule has 0 saturated carbocycles. The zero-order valence-electron chi connectivity index (χ0n) is 18.7. The van der Waals surface area contributed by atoms with E-state index in [1.807, 2.05) is 48.7 Å². The van der Waals surface area contributed by atoms with Crippen LogP contribution in [-0.4, -0.2) is 15.6 Å². The first-order chi connectivity index (χ1) is 15.7. The molecule has 33 heavy (non-hydrogen) atoms. The number of halogens is 1. The molecule has 0 spiro atoms. The number of carboxylic acids is 1. The molecule has 1 heterocycles. The summed E-state index contributed by atoms with van der Waals surface area (Å²) >= 11 is 0. The molecule has 0 aliphatic carbocycles. The van der Waals surface area contributed by atoms with Crippen LogP contribution < -0.4 is 10.5 Å². The number of nitrogens with zero attached hydrogens (tertiary/aromatic N) is 1. The highest BCUT2D eigenvalue weighted by atomic mass is 19.1. The third kappa shape index (κ3) is 4.46. The molecular formula is C27H25FN2O3. The standard InChI is InChI=1S/C27H25FN2O3/c1-16-4-11-26(33-15-19-6-8-20(28)9-7-19)23(12-16)25-10-5-17(2)30(25)21-13-22(27(31)32)18(3)24(29)14-21/h4-14H,15,29H2,1-3H3,(H,31,32). The number of hydrogen-bond donors (Lipinski definition) is 2. The Morgan fingerprint density at radius 3 is 2.42 bits per heavy atom. The number of benzene rings is 3. The van der Waals surface area contributed by atoms with Crippen LogP contribution in [0.25, 0.3) is 16.9 Å². The van der Waals surface area contributed by atoms with Gasteiger partial charge in [-0.25, -0.2) is 9.18 Å². The summed E-state index contributed by atoms with van der Waals surface area (Å²) in [7, 11) is 0. The predicted molar refractivity (Wildman–Crippen MR) is 128 cm³/mol. The third-order valence-electron chi connectivity index (χ3n) is 5.72. The number of carbonyl (C=O) groups is 1. The second-order valence-corrected chi connectivity index (χ2v) is 8.12. The van der Waals surface area contributed by atoms with E-state index >= 15 is 0 Å². The largest absolute Gasteiger partial charge is 0.488 e. The monoisotopic (exact) mass is 444 g/mol. The molecule has 4 aromatic rings. The van der Waals surface area contributed by atoms with E-state index in [2.05, 4.69) is 0 Å². The fourth-order valence-corrected chi connectivity index (χ4v) is 3.88. The van der Waals surface area contributed by atoms with Crippen LogP contribution in [0, 0.1) is 26.6 Å². The summed E-state index contributed by atoms with van der Waals surface area (Å²) in [6.45, 7) is 5.94. The van der Waals surface area contributed by atoms with E-state index in [-0.39, 0.29) is 18.0 Å². The summed E-state index contributed by atoms with van der Waals surface area (Å²) in [5.41, 5.74) is 12.5. The lowest BCUT2D eigenvalue weighted by molar-refractivity contribution is 0.0696. The van der Waals surface area contributed by atoms with Crippen molar-refractivity contribution >= 4 is 11.7 Å². The van der Waals surface area contributed by atoms with E-state index in [0.717, 1.165) is 28.1 Å². The van der Waals surface area contributed by atoms with Gasteiger partial charge in [-0.05, 0) is 80.4 Å². The first kappa shape index (κ1) is 22.1. The Balaban J connectivity index is 1.80. The Hall–Kier alpha value is -4.06. The van der Waals surface area contributed by atoms with Crippen molar-refractivity contribution in [2.45, 2.75) is 27.4 Å². The van der Waals surface area contributed by atoms with E-state index < -0.39 is 5.97 Å². The number of ether oxygens (including phenoxy) is 1. The summed E-state index contributed by atoms with van der Waals surface area (Å²) in [4.78, 5) is 11.8. The third-order valence-corrected chi connectivity index (χ3v) is 5.72. The molecule has 6 heteroatoms. The van der Waals surface area contributed by atoms with E-state index in [1.54, 1.807) is 31.2 Å². The van der Waals surface area contributed by atoms with Gasteiger partial charge in [0, 0.05) is 22.6 Å². The maximum absolute atomic E-state index is 13.2. The molecule has 3 N–H and O–H groups in total. The smallest absolute Gasteiger partial charge is 0.336 e. The van der Waals surface area contributed by atoms with Gasteiger partial charge in [0.2, 0.25) is 0 Å². The number of aromatic nitrogens is 1. The van der Waals surface area contributed by atoms with E-state index in [9.17, 15) is 14.3 Å². The second kappa shape index (κ2) is 8.82. The molecule has 4 rings (SSSR count). The highest BCUT2D eigenvalue weighted by Gasteiger charge is 2.18. The molecule has 0 amide bonds. The van der Waals surface area contributed by atoms with Gasteiger partial charge in [0.05, 0.1) is 11.3 Å². The summed E-state index contributed by atoms with van der Waals surface area (Å²) in [5.74, 6) is -0.643. The lowest BCUT2D eigenvalue weighted by Crippen LogP contribution is -2.08. The van der Waals surface area contributed by atoms with Crippen LogP contribution in [-0.2, 0) is 6.61 Å². The zero-order valence-corrected chi connectivity index (χ0v) is 18.7. The van der Waals surface area contributed by atoms with Gasteiger partial charge in [-0.3, -0.25) is 0 Å². The van der Waals surface area contributed by atoms with E-state index in [4.69, 9.17) is 10.5 Å². The minimum atomic E-state index is -1.02. The number of carboxylic acid groups (broad SMARTS) is 1. The first-order valence-electron chi connectivity index (χ1n) is 10.5. The van der Waals surface area contributed by atoms with Crippen LogP contribution in [0.3, 0.4) is 0 Å². The lowest BCUT2D eigenvalue weighted by Gasteiger charge is -2.18. The number of aryl methyl sites for hydroxylation is 2. The highest BCUT2D eigenvalue weighted by Crippen LogP contribution is 2.36. The van der Waals surface area contributed by atoms with Crippen LogP contribution in [0.1, 0.15) is 32.7 Å². The Morgan fingerprint density at radius 2 is 1.73 bits per heavy atom. The number of rotatable bonds is 6. The van der Waals surface area contributed by atoms with E-state index in [0.29, 0.717) is 22.7 Å². The Kier molecular flexibility index (Phi) is 5.92. The molecule has 0 aliphatic heterocycles. The van der Waals surface area contributed by atoms with Crippen molar-refractivity contribution in [2.24, 2.45) is 0 Å². The van der Waals surface area contributed by atoms with Gasteiger partial charge in [0.1, 0.15) is 18.2 Å². The topological polar surface area (TPSA) is 77.5 Å². The van der Waals surface area contributed by atoms with Crippen LogP contribution in [0.5, 0.6) is 5.75 Å². The van der Waals surface area contributed by atoms with Crippen LogP contribution in [0.4, 0.5) is 10.1 Å². The molecule has 3 aromatic carbocycles. The number of anilines is 1. The SMILES string of the molecule is Cc1ccc(OCc2ccc(F)cc2)c(-c2ccc(C)n2-c2cc(N)c(C)c(C(=O)O)c2)c1. The van der Waals surface area contributed by atoms with Crippen molar-refractivity contribution in [1.82, 2.24) is 4.57 Å².